The van der Waals surface area contributed by atoms with Gasteiger partial charge in [0.15, 0.2) is 5.82 Å². The predicted molar refractivity (Wildman–Crippen MR) is 401 cm³/mol. The molecule has 9 heteroatoms. The van der Waals surface area contributed by atoms with Gasteiger partial charge in [-0.15, -0.1) is 0 Å². The molecule has 0 amide bonds. The predicted octanol–water partition coefficient (Wildman–Crippen LogP) is 21.5. The number of fused-ring (bicyclic) bond motifs is 11. The third-order valence-corrected chi connectivity index (χ3v) is 19.4. The molecule has 0 N–H and O–H groups in total. The van der Waals surface area contributed by atoms with E-state index in [0.717, 1.165) is 155 Å². The van der Waals surface area contributed by atoms with Gasteiger partial charge in [0.05, 0.1) is 67.4 Å². The molecular formula is C88H63BN6O2. The van der Waals surface area contributed by atoms with Gasteiger partial charge in [0, 0.05) is 71.3 Å². The van der Waals surface area contributed by atoms with E-state index in [-0.39, 0.29) is 11.2 Å². The van der Waals surface area contributed by atoms with E-state index >= 15 is 0 Å². The van der Waals surface area contributed by atoms with Gasteiger partial charge < -0.3 is 9.31 Å². The second-order valence-electron chi connectivity index (χ2n) is 25.9. The number of aromatic nitrogens is 6. The Balaban J connectivity index is 0.000000158. The average molecular weight is 1250 g/mol. The third kappa shape index (κ3) is 10.8. The zero-order valence-electron chi connectivity index (χ0n) is 54.0. The van der Waals surface area contributed by atoms with E-state index in [1.54, 1.807) is 0 Å². The minimum Gasteiger partial charge on any atom is -0.399 e. The molecule has 0 bridgehead atoms. The van der Waals surface area contributed by atoms with Crippen LogP contribution in [0.2, 0.25) is 0 Å². The van der Waals surface area contributed by atoms with Crippen molar-refractivity contribution in [1.82, 2.24) is 29.9 Å². The summed E-state index contributed by atoms with van der Waals surface area (Å²) >= 11 is 0. The van der Waals surface area contributed by atoms with E-state index in [4.69, 9.17) is 39.2 Å². The fourth-order valence-corrected chi connectivity index (χ4v) is 13.7. The lowest BCUT2D eigenvalue weighted by Gasteiger charge is -2.32. The summed E-state index contributed by atoms with van der Waals surface area (Å²) in [5.74, 6) is 0.704. The maximum atomic E-state index is 6.28. The van der Waals surface area contributed by atoms with Crippen LogP contribution in [0.15, 0.2) is 309 Å². The second-order valence-corrected chi connectivity index (χ2v) is 25.9. The molecule has 97 heavy (non-hydrogen) atoms. The van der Waals surface area contributed by atoms with Crippen LogP contribution in [0.3, 0.4) is 0 Å². The summed E-state index contributed by atoms with van der Waals surface area (Å²) in [6.45, 7) is 8.31. The molecule has 0 aliphatic carbocycles. The largest absolute Gasteiger partial charge is 0.494 e. The molecule has 17 aromatic rings. The summed E-state index contributed by atoms with van der Waals surface area (Å²) in [6, 6.07) is 108. The van der Waals surface area contributed by atoms with Crippen molar-refractivity contribution < 1.29 is 9.31 Å². The zero-order chi connectivity index (χ0) is 65.2. The van der Waals surface area contributed by atoms with Gasteiger partial charge in [-0.3, -0.25) is 0 Å². The Bertz CT molecular complexity index is 5800. The van der Waals surface area contributed by atoms with Crippen molar-refractivity contribution in [3.8, 4) is 90.1 Å². The molecule has 6 heterocycles. The monoisotopic (exact) mass is 1250 g/mol. The minimum absolute atomic E-state index is 0.378. The molecule has 0 spiro atoms. The van der Waals surface area contributed by atoms with Crippen LogP contribution in [0.25, 0.3) is 166 Å². The molecule has 5 aromatic heterocycles. The van der Waals surface area contributed by atoms with E-state index in [1.807, 2.05) is 66.7 Å². The van der Waals surface area contributed by atoms with Gasteiger partial charge in [-0.1, -0.05) is 255 Å². The molecule has 0 saturated carbocycles. The van der Waals surface area contributed by atoms with Crippen LogP contribution in [0, 0.1) is 0 Å². The molecule has 0 atom stereocenters. The first-order valence-electron chi connectivity index (χ1n) is 33.0. The molecule has 12 aromatic carbocycles. The van der Waals surface area contributed by atoms with Crippen molar-refractivity contribution in [1.29, 1.82) is 0 Å². The summed E-state index contributed by atoms with van der Waals surface area (Å²) in [5, 5.41) is 11.3. The van der Waals surface area contributed by atoms with Gasteiger partial charge in [-0.2, -0.15) is 0 Å². The van der Waals surface area contributed by atoms with Crippen molar-refractivity contribution >= 4 is 88.5 Å². The topological polar surface area (TPSA) is 95.8 Å². The Morgan fingerprint density at radius 3 is 1.11 bits per heavy atom. The van der Waals surface area contributed by atoms with Crippen LogP contribution >= 0.6 is 0 Å². The highest BCUT2D eigenvalue weighted by atomic mass is 16.7. The summed E-state index contributed by atoms with van der Waals surface area (Å²) < 4.78 is 12.6. The standard InChI is InChI=1S/C54H34N4.C34H29BN2O2/c1-4-14-36(15-5-1)47-32-31-46-49(55-47)33-30-45-43-22-12-13-23-48(43)56-53(52(45)46)38-26-24-35(25-27-38)40-28-29-44(42-21-11-10-20-41(40)42)51-34-50(37-16-6-2-7-17-37)57-54(58-51)39-18-8-3-9-19-39;1-33(2)34(3,4)39-35(38-33)24-16-14-23(15-17-24)32-31-26(25-12-8-9-13-29(25)37-32)18-21-30-27(31)19-20-28(36-30)22-10-6-5-7-11-22/h1-34H;5-21H,1-4H3. The Labute approximate surface area is 562 Å². The number of nitrogens with zero attached hydrogens (tertiary/aromatic N) is 6. The molecule has 18 rings (SSSR count). The zero-order valence-corrected chi connectivity index (χ0v) is 54.0. The summed E-state index contributed by atoms with van der Waals surface area (Å²) in [6.07, 6.45) is 0. The molecule has 1 aliphatic rings. The summed E-state index contributed by atoms with van der Waals surface area (Å²) in [5.41, 5.74) is 19.4. The number of benzene rings is 12. The Morgan fingerprint density at radius 2 is 0.619 bits per heavy atom. The average Bonchev–Trinajstić information content (AvgIpc) is 1.36. The first-order chi connectivity index (χ1) is 47.6. The Kier molecular flexibility index (Phi) is 14.7. The van der Waals surface area contributed by atoms with E-state index < -0.39 is 7.12 Å². The van der Waals surface area contributed by atoms with Crippen molar-refractivity contribution in [2.75, 3.05) is 0 Å². The number of pyridine rings is 4. The van der Waals surface area contributed by atoms with E-state index in [2.05, 4.69) is 270 Å². The number of rotatable bonds is 9. The van der Waals surface area contributed by atoms with Crippen LogP contribution in [-0.2, 0) is 9.31 Å². The van der Waals surface area contributed by atoms with Gasteiger partial charge >= 0.3 is 7.12 Å². The van der Waals surface area contributed by atoms with E-state index in [1.165, 1.54) is 10.8 Å². The minimum atomic E-state index is -0.396. The molecule has 0 unspecified atom stereocenters. The first kappa shape index (κ1) is 58.9. The quantitative estimate of drug-likeness (QED) is 0.104. The summed E-state index contributed by atoms with van der Waals surface area (Å²) in [7, 11) is -0.396. The van der Waals surface area contributed by atoms with Crippen molar-refractivity contribution in [3.05, 3.63) is 309 Å². The van der Waals surface area contributed by atoms with Crippen LogP contribution < -0.4 is 5.46 Å². The van der Waals surface area contributed by atoms with Crippen LogP contribution in [0.1, 0.15) is 27.7 Å². The fourth-order valence-electron chi connectivity index (χ4n) is 13.7. The first-order valence-corrected chi connectivity index (χ1v) is 33.0. The highest BCUT2D eigenvalue weighted by Crippen LogP contribution is 2.43. The molecule has 1 saturated heterocycles. The van der Waals surface area contributed by atoms with Crippen LogP contribution in [0.4, 0.5) is 0 Å². The van der Waals surface area contributed by atoms with Gasteiger partial charge in [0.25, 0.3) is 0 Å². The molecule has 1 fully saturated rings. The molecule has 0 radical (unpaired) electrons. The molecule has 8 nitrogen and oxygen atoms in total. The second kappa shape index (κ2) is 24.2. The normalized spacial score (nSPS) is 13.4. The number of para-hydroxylation sites is 2. The SMILES string of the molecule is CC1(C)OB(c2ccc(-c3nc4ccccc4c4ccc5nc(-c6ccccc6)ccc5c34)cc2)OC1(C)C.c1ccc(-c2cc(-c3ccc(-c4ccc(-c5nc6ccccc6c6ccc7nc(-c8ccccc8)ccc7c56)cc4)c4ccccc34)nc(-c3ccccc3)n2)cc1. The van der Waals surface area contributed by atoms with Gasteiger partial charge in [0.1, 0.15) is 0 Å². The Hall–Kier alpha value is -11.9. The molecular weight excluding hydrogens is 1180 g/mol. The lowest BCUT2D eigenvalue weighted by molar-refractivity contribution is 0.00578. The summed E-state index contributed by atoms with van der Waals surface area (Å²) in [4.78, 5) is 30.9. The van der Waals surface area contributed by atoms with E-state index in [0.29, 0.717) is 5.82 Å². The van der Waals surface area contributed by atoms with E-state index in [9.17, 15) is 0 Å². The highest BCUT2D eigenvalue weighted by molar-refractivity contribution is 6.62. The third-order valence-electron chi connectivity index (χ3n) is 19.4. The smallest absolute Gasteiger partial charge is 0.399 e. The number of hydrogen-bond acceptors (Lipinski definition) is 8. The highest BCUT2D eigenvalue weighted by Gasteiger charge is 2.51. The lowest BCUT2D eigenvalue weighted by Crippen LogP contribution is -2.41. The van der Waals surface area contributed by atoms with Gasteiger partial charge in [0.2, 0.25) is 0 Å². The van der Waals surface area contributed by atoms with Crippen molar-refractivity contribution in [2.45, 2.75) is 38.9 Å². The lowest BCUT2D eigenvalue weighted by atomic mass is 9.78. The van der Waals surface area contributed by atoms with Crippen molar-refractivity contribution in [2.24, 2.45) is 0 Å². The maximum Gasteiger partial charge on any atom is 0.494 e. The Morgan fingerprint density at radius 1 is 0.247 bits per heavy atom. The number of hydrogen-bond donors (Lipinski definition) is 0. The van der Waals surface area contributed by atoms with Gasteiger partial charge in [-0.25, -0.2) is 29.9 Å². The van der Waals surface area contributed by atoms with Gasteiger partial charge in [-0.05, 0) is 120 Å². The van der Waals surface area contributed by atoms with Crippen LogP contribution in [-0.4, -0.2) is 48.2 Å². The fraction of sp³-hybridized carbons (Fsp3) is 0.0682. The molecule has 460 valence electrons. The van der Waals surface area contributed by atoms with Crippen molar-refractivity contribution in [3.63, 3.8) is 0 Å². The maximum absolute atomic E-state index is 6.28. The van der Waals surface area contributed by atoms with Crippen LogP contribution in [0.5, 0.6) is 0 Å². The molecule has 1 aliphatic heterocycles.